The fourth-order valence-corrected chi connectivity index (χ4v) is 4.40. The van der Waals surface area contributed by atoms with Crippen molar-refractivity contribution in [2.75, 3.05) is 18.4 Å². The Labute approximate surface area is 174 Å². The molecule has 3 heterocycles. The molecule has 1 N–H and O–H groups in total. The van der Waals surface area contributed by atoms with E-state index in [9.17, 15) is 9.59 Å². The quantitative estimate of drug-likeness (QED) is 0.698. The van der Waals surface area contributed by atoms with E-state index in [2.05, 4.69) is 35.5 Å². The summed E-state index contributed by atoms with van der Waals surface area (Å²) in [5, 5.41) is 9.27. The molecule has 0 aliphatic carbocycles. The fourth-order valence-electron chi connectivity index (χ4n) is 3.71. The van der Waals surface area contributed by atoms with Gasteiger partial charge in [-0.05, 0) is 36.8 Å². The highest BCUT2D eigenvalue weighted by molar-refractivity contribution is 7.12. The fraction of sp³-hybridized carbons (Fsp3) is 0.318. The van der Waals surface area contributed by atoms with Gasteiger partial charge in [0.2, 0.25) is 5.91 Å². The molecule has 6 nitrogen and oxygen atoms in total. The van der Waals surface area contributed by atoms with Gasteiger partial charge in [-0.3, -0.25) is 9.59 Å². The molecule has 1 aliphatic heterocycles. The van der Waals surface area contributed by atoms with Crippen LogP contribution in [0.1, 0.15) is 33.6 Å². The van der Waals surface area contributed by atoms with E-state index in [1.54, 1.807) is 15.8 Å². The van der Waals surface area contributed by atoms with Crippen LogP contribution in [0.3, 0.4) is 0 Å². The Balaban J connectivity index is 1.40. The molecule has 1 fully saturated rings. The molecule has 3 aromatic rings. The van der Waals surface area contributed by atoms with Gasteiger partial charge >= 0.3 is 0 Å². The maximum Gasteiger partial charge on any atom is 0.263 e. The number of aromatic nitrogens is 2. The van der Waals surface area contributed by atoms with Gasteiger partial charge in [0.05, 0.1) is 23.5 Å². The first kappa shape index (κ1) is 19.4. The van der Waals surface area contributed by atoms with E-state index in [4.69, 9.17) is 0 Å². The number of benzene rings is 1. The largest absolute Gasteiger partial charge is 0.337 e. The first-order valence-electron chi connectivity index (χ1n) is 9.81. The summed E-state index contributed by atoms with van der Waals surface area (Å²) in [5.41, 5.74) is 2.33. The number of hydrogen-bond donors (Lipinski definition) is 1. The SMILES string of the molecule is Cc1cccc(Cn2nccc2NC(=O)[C@@H]2CCCN(C(=O)c3cccs3)C2)c1. The van der Waals surface area contributed by atoms with Crippen molar-refractivity contribution in [3.8, 4) is 0 Å². The third-order valence-electron chi connectivity index (χ3n) is 5.19. The molecular weight excluding hydrogens is 384 g/mol. The number of likely N-dealkylation sites (tertiary alicyclic amines) is 1. The number of nitrogens with zero attached hydrogens (tertiary/aromatic N) is 3. The highest BCUT2D eigenvalue weighted by atomic mass is 32.1. The Morgan fingerprint density at radius 3 is 2.93 bits per heavy atom. The van der Waals surface area contributed by atoms with Gasteiger partial charge in [0.25, 0.3) is 5.91 Å². The van der Waals surface area contributed by atoms with Crippen LogP contribution in [0.25, 0.3) is 0 Å². The minimum Gasteiger partial charge on any atom is -0.337 e. The number of anilines is 1. The van der Waals surface area contributed by atoms with Crippen LogP contribution < -0.4 is 5.32 Å². The van der Waals surface area contributed by atoms with Crippen molar-refractivity contribution in [1.82, 2.24) is 14.7 Å². The smallest absolute Gasteiger partial charge is 0.263 e. The van der Waals surface area contributed by atoms with E-state index in [-0.39, 0.29) is 17.7 Å². The lowest BCUT2D eigenvalue weighted by atomic mass is 9.97. The topological polar surface area (TPSA) is 67.2 Å². The predicted molar refractivity (Wildman–Crippen MR) is 114 cm³/mol. The summed E-state index contributed by atoms with van der Waals surface area (Å²) >= 11 is 1.44. The third kappa shape index (κ3) is 4.56. The summed E-state index contributed by atoms with van der Waals surface area (Å²) in [5.74, 6) is 0.426. The molecule has 1 atom stereocenters. The molecule has 4 rings (SSSR count). The highest BCUT2D eigenvalue weighted by Gasteiger charge is 2.29. The maximum absolute atomic E-state index is 12.9. The lowest BCUT2D eigenvalue weighted by Crippen LogP contribution is -2.43. The number of piperidine rings is 1. The summed E-state index contributed by atoms with van der Waals surface area (Å²) in [6.07, 6.45) is 3.31. The Kier molecular flexibility index (Phi) is 5.76. The first-order valence-corrected chi connectivity index (χ1v) is 10.7. The average Bonchev–Trinajstić information content (AvgIpc) is 3.40. The van der Waals surface area contributed by atoms with Crippen molar-refractivity contribution in [2.24, 2.45) is 5.92 Å². The lowest BCUT2D eigenvalue weighted by Gasteiger charge is -2.31. The van der Waals surface area contributed by atoms with Crippen LogP contribution in [-0.4, -0.2) is 39.6 Å². The van der Waals surface area contributed by atoms with Gasteiger partial charge in [-0.15, -0.1) is 11.3 Å². The zero-order valence-corrected chi connectivity index (χ0v) is 17.2. The van der Waals surface area contributed by atoms with Crippen molar-refractivity contribution >= 4 is 29.0 Å². The van der Waals surface area contributed by atoms with Gasteiger partial charge in [-0.2, -0.15) is 5.10 Å². The number of nitrogens with one attached hydrogen (secondary N) is 1. The van der Waals surface area contributed by atoms with Crippen molar-refractivity contribution in [3.05, 3.63) is 70.0 Å². The Hall–Kier alpha value is -2.93. The van der Waals surface area contributed by atoms with Crippen LogP contribution in [0.2, 0.25) is 0 Å². The van der Waals surface area contributed by atoms with Crippen LogP contribution in [0.15, 0.2) is 54.0 Å². The molecule has 29 heavy (non-hydrogen) atoms. The van der Waals surface area contributed by atoms with Gasteiger partial charge in [-0.1, -0.05) is 35.9 Å². The predicted octanol–water partition coefficient (Wildman–Crippen LogP) is 3.79. The van der Waals surface area contributed by atoms with Crippen LogP contribution in [0.5, 0.6) is 0 Å². The van der Waals surface area contributed by atoms with Crippen LogP contribution >= 0.6 is 11.3 Å². The Bertz CT molecular complexity index is 996. The van der Waals surface area contributed by atoms with E-state index >= 15 is 0 Å². The zero-order chi connectivity index (χ0) is 20.2. The molecule has 7 heteroatoms. The van der Waals surface area contributed by atoms with Gasteiger partial charge < -0.3 is 10.2 Å². The lowest BCUT2D eigenvalue weighted by molar-refractivity contribution is -0.121. The third-order valence-corrected chi connectivity index (χ3v) is 6.05. The normalized spacial score (nSPS) is 16.6. The van der Waals surface area contributed by atoms with Crippen LogP contribution in [0, 0.1) is 12.8 Å². The second-order valence-electron chi connectivity index (χ2n) is 7.42. The molecule has 0 radical (unpaired) electrons. The van der Waals surface area contributed by atoms with Crippen LogP contribution in [0.4, 0.5) is 5.82 Å². The molecule has 2 aromatic heterocycles. The Morgan fingerprint density at radius 2 is 2.14 bits per heavy atom. The number of carbonyl (C=O) groups is 2. The number of amides is 2. The molecule has 2 amide bonds. The minimum atomic E-state index is -0.213. The van der Waals surface area contributed by atoms with E-state index in [0.29, 0.717) is 25.5 Å². The van der Waals surface area contributed by atoms with Gasteiger partial charge in [-0.25, -0.2) is 4.68 Å². The number of hydrogen-bond acceptors (Lipinski definition) is 4. The number of thiophene rings is 1. The number of rotatable bonds is 5. The second kappa shape index (κ2) is 8.61. The van der Waals surface area contributed by atoms with Gasteiger partial charge in [0, 0.05) is 19.2 Å². The standard InChI is InChI=1S/C22H24N4O2S/c1-16-5-2-6-17(13-16)14-26-20(9-10-23-26)24-21(27)18-7-3-11-25(15-18)22(28)19-8-4-12-29-19/h2,4-6,8-10,12-13,18H,3,7,11,14-15H2,1H3,(H,24,27)/t18-/m1/s1. The van der Waals surface area contributed by atoms with Crippen molar-refractivity contribution in [1.29, 1.82) is 0 Å². The Morgan fingerprint density at radius 1 is 1.24 bits per heavy atom. The van der Waals surface area contributed by atoms with Crippen molar-refractivity contribution in [3.63, 3.8) is 0 Å². The van der Waals surface area contributed by atoms with Crippen LogP contribution in [-0.2, 0) is 11.3 Å². The van der Waals surface area contributed by atoms with Gasteiger partial charge in [0.1, 0.15) is 5.82 Å². The average molecular weight is 409 g/mol. The number of aryl methyl sites for hydroxylation is 1. The molecule has 1 saturated heterocycles. The van der Waals surface area contributed by atoms with E-state index in [1.165, 1.54) is 16.9 Å². The summed E-state index contributed by atoms with van der Waals surface area (Å²) in [6, 6.07) is 13.8. The minimum absolute atomic E-state index is 0.0157. The monoisotopic (exact) mass is 408 g/mol. The van der Waals surface area contributed by atoms with Gasteiger partial charge in [0.15, 0.2) is 0 Å². The van der Waals surface area contributed by atoms with Crippen molar-refractivity contribution < 1.29 is 9.59 Å². The first-order chi connectivity index (χ1) is 14.1. The maximum atomic E-state index is 12.9. The molecule has 0 spiro atoms. The summed E-state index contributed by atoms with van der Waals surface area (Å²) in [7, 11) is 0. The van der Waals surface area contributed by atoms with E-state index < -0.39 is 0 Å². The number of carbonyl (C=O) groups excluding carboxylic acids is 2. The summed E-state index contributed by atoms with van der Waals surface area (Å²) < 4.78 is 1.80. The second-order valence-corrected chi connectivity index (χ2v) is 8.37. The molecule has 150 valence electrons. The summed E-state index contributed by atoms with van der Waals surface area (Å²) in [6.45, 7) is 3.81. The molecule has 1 aliphatic rings. The molecule has 0 saturated carbocycles. The molecule has 0 bridgehead atoms. The molecule has 1 aromatic carbocycles. The molecule has 0 unspecified atom stereocenters. The highest BCUT2D eigenvalue weighted by Crippen LogP contribution is 2.22. The molecular formula is C22H24N4O2S. The van der Waals surface area contributed by atoms with E-state index in [0.717, 1.165) is 23.3 Å². The van der Waals surface area contributed by atoms with Crippen molar-refractivity contribution in [2.45, 2.75) is 26.3 Å². The zero-order valence-electron chi connectivity index (χ0n) is 16.4. The summed E-state index contributed by atoms with van der Waals surface area (Å²) in [4.78, 5) is 28.0. The van der Waals surface area contributed by atoms with E-state index in [1.807, 2.05) is 29.6 Å².